The highest BCUT2D eigenvalue weighted by Crippen LogP contribution is 2.43. The van der Waals surface area contributed by atoms with Gasteiger partial charge >= 0.3 is 0 Å². The Morgan fingerprint density at radius 1 is 0.242 bits per heavy atom. The van der Waals surface area contributed by atoms with Gasteiger partial charge in [0.05, 0.1) is 0 Å². The summed E-state index contributed by atoms with van der Waals surface area (Å²) in [7, 11) is 0. The summed E-state index contributed by atoms with van der Waals surface area (Å²) >= 11 is 0. The van der Waals surface area contributed by atoms with Crippen LogP contribution in [-0.4, -0.2) is 0 Å². The quantitative estimate of drug-likeness (QED) is 0.149. The van der Waals surface area contributed by atoms with Gasteiger partial charge in [-0.15, -0.1) is 0 Å². The number of furan rings is 1. The molecule has 0 bridgehead atoms. The minimum atomic E-state index is 0.888. The van der Waals surface area contributed by atoms with E-state index in [-0.39, 0.29) is 0 Å². The van der Waals surface area contributed by atoms with E-state index in [2.05, 4.69) is 241 Å². The number of fused-ring (bicyclic) bond motifs is 9. The summed E-state index contributed by atoms with van der Waals surface area (Å²) < 4.78 is 6.35. The van der Waals surface area contributed by atoms with Gasteiger partial charge in [-0.3, -0.25) is 0 Å². The number of benzene rings is 12. The molecule has 308 valence electrons. The predicted molar refractivity (Wildman–Crippen MR) is 280 cm³/mol. The molecule has 13 rings (SSSR count). The number of hydrogen-bond donors (Lipinski definition) is 0. The molecule has 0 fully saturated rings. The summed E-state index contributed by atoms with van der Waals surface area (Å²) in [4.78, 5) is 2.40. The van der Waals surface area contributed by atoms with E-state index >= 15 is 0 Å². The smallest absolute Gasteiger partial charge is 0.136 e. The van der Waals surface area contributed by atoms with Gasteiger partial charge in [0.25, 0.3) is 0 Å². The molecule has 0 unspecified atom stereocenters. The average Bonchev–Trinajstić information content (AvgIpc) is 3.78. The van der Waals surface area contributed by atoms with Gasteiger partial charge < -0.3 is 9.32 Å². The van der Waals surface area contributed by atoms with E-state index in [0.717, 1.165) is 66.8 Å². The third-order valence-electron chi connectivity index (χ3n) is 13.4. The Morgan fingerprint density at radius 2 is 0.697 bits per heavy atom. The first-order valence-electron chi connectivity index (χ1n) is 22.6. The van der Waals surface area contributed by atoms with Crippen molar-refractivity contribution in [1.29, 1.82) is 0 Å². The van der Waals surface area contributed by atoms with E-state index in [1.807, 2.05) is 12.1 Å². The molecule has 1 heterocycles. The van der Waals surface area contributed by atoms with Gasteiger partial charge in [-0.05, 0) is 142 Å². The van der Waals surface area contributed by atoms with Crippen molar-refractivity contribution >= 4 is 82.1 Å². The summed E-state index contributed by atoms with van der Waals surface area (Å²) in [6, 6.07) is 90.4. The van der Waals surface area contributed by atoms with Crippen molar-refractivity contribution in [2.75, 3.05) is 4.90 Å². The zero-order valence-corrected chi connectivity index (χ0v) is 36.0. The summed E-state index contributed by atoms with van der Waals surface area (Å²) in [6.07, 6.45) is 0. The van der Waals surface area contributed by atoms with Gasteiger partial charge in [0.2, 0.25) is 0 Å². The highest BCUT2D eigenvalue weighted by molar-refractivity contribution is 6.14. The second kappa shape index (κ2) is 15.5. The van der Waals surface area contributed by atoms with Gasteiger partial charge in [-0.25, -0.2) is 0 Å². The van der Waals surface area contributed by atoms with Crippen LogP contribution in [0, 0.1) is 0 Å². The molecule has 0 aliphatic heterocycles. The number of para-hydroxylation sites is 1. The Hall–Kier alpha value is -8.72. The summed E-state index contributed by atoms with van der Waals surface area (Å²) in [5.74, 6) is 0. The fourth-order valence-electron chi connectivity index (χ4n) is 10.2. The number of anilines is 3. The van der Waals surface area contributed by atoms with Crippen LogP contribution < -0.4 is 4.90 Å². The number of nitrogens with zero attached hydrogens (tertiary/aromatic N) is 1. The fraction of sp³-hybridized carbons (Fsp3) is 0. The van der Waals surface area contributed by atoms with Gasteiger partial charge in [-0.2, -0.15) is 0 Å². The molecule has 2 heteroatoms. The standard InChI is InChI=1S/C64H41NO/c1-3-20-54-45(13-1)36-37-59-56(23-10-25-58(54)59)49-15-8-18-52(39-49)65(53-19-9-16-50(40-53)57-24-11-27-63-64(57)60-22-5-6-26-62(60)66-63)51-17-7-14-47(38-51)42-28-30-43(31-29-42)48-35-34-46-33-32-44-12-2-4-21-55(44)61(46)41-48/h1-41H. The minimum absolute atomic E-state index is 0.888. The van der Waals surface area contributed by atoms with Crippen molar-refractivity contribution in [3.8, 4) is 44.5 Å². The molecule has 0 radical (unpaired) electrons. The van der Waals surface area contributed by atoms with Crippen molar-refractivity contribution in [3.63, 3.8) is 0 Å². The Labute approximate surface area is 382 Å². The van der Waals surface area contributed by atoms with Crippen LogP contribution in [0.2, 0.25) is 0 Å². The molecule has 0 aliphatic rings. The van der Waals surface area contributed by atoms with E-state index in [9.17, 15) is 0 Å². The molecule has 0 N–H and O–H groups in total. The highest BCUT2D eigenvalue weighted by Gasteiger charge is 2.18. The van der Waals surface area contributed by atoms with Crippen LogP contribution in [-0.2, 0) is 0 Å². The molecule has 2 nitrogen and oxygen atoms in total. The summed E-state index contributed by atoms with van der Waals surface area (Å²) in [5.41, 5.74) is 14.4. The van der Waals surface area contributed by atoms with Gasteiger partial charge in [0, 0.05) is 27.8 Å². The van der Waals surface area contributed by atoms with Gasteiger partial charge in [0.15, 0.2) is 0 Å². The molecular formula is C64H41NO. The molecule has 66 heavy (non-hydrogen) atoms. The maximum absolute atomic E-state index is 6.35. The molecule has 12 aromatic carbocycles. The minimum Gasteiger partial charge on any atom is -0.456 e. The van der Waals surface area contributed by atoms with Crippen LogP contribution in [0.5, 0.6) is 0 Å². The Morgan fingerprint density at radius 3 is 1.41 bits per heavy atom. The van der Waals surface area contributed by atoms with E-state index in [1.165, 1.54) is 59.8 Å². The zero-order chi connectivity index (χ0) is 43.6. The zero-order valence-electron chi connectivity index (χ0n) is 36.0. The lowest BCUT2D eigenvalue weighted by atomic mass is 9.94. The highest BCUT2D eigenvalue weighted by atomic mass is 16.3. The predicted octanol–water partition coefficient (Wildman–Crippen LogP) is 18.3. The molecule has 0 saturated carbocycles. The van der Waals surface area contributed by atoms with Crippen LogP contribution in [0.1, 0.15) is 0 Å². The van der Waals surface area contributed by atoms with Crippen molar-refractivity contribution in [1.82, 2.24) is 0 Å². The van der Waals surface area contributed by atoms with E-state index < -0.39 is 0 Å². The topological polar surface area (TPSA) is 16.4 Å². The fourth-order valence-corrected chi connectivity index (χ4v) is 10.2. The molecule has 0 aliphatic carbocycles. The van der Waals surface area contributed by atoms with Crippen LogP contribution in [0.25, 0.3) is 110 Å². The second-order valence-corrected chi connectivity index (χ2v) is 17.3. The van der Waals surface area contributed by atoms with E-state index in [0.29, 0.717) is 0 Å². The summed E-state index contributed by atoms with van der Waals surface area (Å²) in [5, 5.41) is 12.3. The monoisotopic (exact) mass is 839 g/mol. The van der Waals surface area contributed by atoms with Crippen LogP contribution >= 0.6 is 0 Å². The molecule has 0 atom stereocenters. The molecule has 0 amide bonds. The molecular weight excluding hydrogens is 799 g/mol. The first-order valence-corrected chi connectivity index (χ1v) is 22.6. The first-order chi connectivity index (χ1) is 32.7. The molecule has 0 saturated heterocycles. The molecule has 13 aromatic rings. The third kappa shape index (κ3) is 6.42. The van der Waals surface area contributed by atoms with E-state index in [4.69, 9.17) is 4.42 Å². The Balaban J connectivity index is 0.933. The number of rotatable bonds is 7. The lowest BCUT2D eigenvalue weighted by molar-refractivity contribution is 0.669. The Kier molecular flexibility index (Phi) is 8.89. The summed E-state index contributed by atoms with van der Waals surface area (Å²) in [6.45, 7) is 0. The Bertz CT molecular complexity index is 4010. The van der Waals surface area contributed by atoms with Gasteiger partial charge in [0.1, 0.15) is 11.2 Å². The van der Waals surface area contributed by atoms with Crippen molar-refractivity contribution < 1.29 is 4.42 Å². The van der Waals surface area contributed by atoms with E-state index in [1.54, 1.807) is 0 Å². The third-order valence-corrected chi connectivity index (χ3v) is 13.4. The molecule has 1 aromatic heterocycles. The first kappa shape index (κ1) is 37.8. The second-order valence-electron chi connectivity index (χ2n) is 17.3. The van der Waals surface area contributed by atoms with Gasteiger partial charge in [-0.1, -0.05) is 194 Å². The molecule has 0 spiro atoms. The lowest BCUT2D eigenvalue weighted by Crippen LogP contribution is -2.10. The van der Waals surface area contributed by atoms with Crippen LogP contribution in [0.4, 0.5) is 17.1 Å². The lowest BCUT2D eigenvalue weighted by Gasteiger charge is -2.27. The SMILES string of the molecule is c1cc(-c2ccc(-c3ccc4ccc5ccccc5c4c3)cc2)cc(N(c2cccc(-c3cccc4c3ccc3ccccc34)c2)c2cccc(-c3cccc4oc5ccccc5c34)c2)c1. The largest absolute Gasteiger partial charge is 0.456 e. The maximum atomic E-state index is 6.35. The van der Waals surface area contributed by atoms with Crippen molar-refractivity contribution in [2.45, 2.75) is 0 Å². The normalized spacial score (nSPS) is 11.6. The average molecular weight is 840 g/mol. The number of hydrogen-bond acceptors (Lipinski definition) is 2. The van der Waals surface area contributed by atoms with Crippen LogP contribution in [0.15, 0.2) is 253 Å². The van der Waals surface area contributed by atoms with Crippen LogP contribution in [0.3, 0.4) is 0 Å². The van der Waals surface area contributed by atoms with Crippen molar-refractivity contribution in [2.24, 2.45) is 0 Å². The van der Waals surface area contributed by atoms with Crippen molar-refractivity contribution in [3.05, 3.63) is 249 Å². The maximum Gasteiger partial charge on any atom is 0.136 e.